The number of aliphatic hydroxyl groups excluding tert-OH is 1. The summed E-state index contributed by atoms with van der Waals surface area (Å²) in [5.74, 6) is -1.06. The molecule has 182 valence electrons. The monoisotopic (exact) mass is 562 g/mol. The van der Waals surface area contributed by atoms with E-state index in [0.29, 0.717) is 28.6 Å². The minimum atomic E-state index is -0.837. The number of anilines is 1. The molecule has 3 aromatic carbocycles. The van der Waals surface area contributed by atoms with Crippen LogP contribution in [0.1, 0.15) is 35.2 Å². The largest absolute Gasteiger partial charge is 0.507 e. The zero-order chi connectivity index (χ0) is 25.6. The Morgan fingerprint density at radius 3 is 2.56 bits per heavy atom. The van der Waals surface area contributed by atoms with E-state index in [4.69, 9.17) is 9.72 Å². The van der Waals surface area contributed by atoms with Crippen LogP contribution in [-0.4, -0.2) is 28.4 Å². The van der Waals surface area contributed by atoms with E-state index in [2.05, 4.69) is 15.9 Å². The number of hydrogen-bond donors (Lipinski definition) is 1. The number of thiazole rings is 1. The Labute approximate surface area is 221 Å². The molecule has 0 saturated carbocycles. The number of aliphatic hydroxyl groups is 1. The Morgan fingerprint density at radius 1 is 1.11 bits per heavy atom. The van der Waals surface area contributed by atoms with Crippen molar-refractivity contribution in [2.45, 2.75) is 26.8 Å². The lowest BCUT2D eigenvalue weighted by atomic mass is 9.95. The van der Waals surface area contributed by atoms with Gasteiger partial charge in [0.15, 0.2) is 5.13 Å². The van der Waals surface area contributed by atoms with Crippen molar-refractivity contribution in [3.8, 4) is 5.75 Å². The first-order valence-corrected chi connectivity index (χ1v) is 13.1. The summed E-state index contributed by atoms with van der Waals surface area (Å²) >= 11 is 4.85. The number of amides is 1. The van der Waals surface area contributed by atoms with Crippen molar-refractivity contribution < 1.29 is 19.4 Å². The Balaban J connectivity index is 1.70. The van der Waals surface area contributed by atoms with Crippen molar-refractivity contribution in [1.82, 2.24) is 4.98 Å². The summed E-state index contributed by atoms with van der Waals surface area (Å²) in [4.78, 5) is 33.0. The molecule has 1 aromatic heterocycles. The number of benzene rings is 3. The van der Waals surface area contributed by atoms with E-state index in [1.165, 1.54) is 16.2 Å². The quantitative estimate of drug-likeness (QED) is 0.166. The molecule has 1 saturated heterocycles. The third-order valence-corrected chi connectivity index (χ3v) is 7.57. The lowest BCUT2D eigenvalue weighted by Gasteiger charge is -2.23. The average molecular weight is 563 g/mol. The van der Waals surface area contributed by atoms with Gasteiger partial charge in [0, 0.05) is 10.0 Å². The number of halogens is 1. The molecule has 2 heterocycles. The summed E-state index contributed by atoms with van der Waals surface area (Å²) in [6, 6.07) is 17.4. The fourth-order valence-electron chi connectivity index (χ4n) is 4.52. The number of nitrogens with zero attached hydrogens (tertiary/aromatic N) is 2. The topological polar surface area (TPSA) is 79.7 Å². The summed E-state index contributed by atoms with van der Waals surface area (Å²) in [6.45, 7) is 6.39. The molecule has 1 fully saturated rings. The number of fused-ring (bicyclic) bond motifs is 1. The van der Waals surface area contributed by atoms with Gasteiger partial charge in [-0.05, 0) is 79.9 Å². The second kappa shape index (κ2) is 9.52. The number of carbonyl (C=O) groups is 2. The van der Waals surface area contributed by atoms with Gasteiger partial charge < -0.3 is 9.84 Å². The second-order valence-corrected chi connectivity index (χ2v) is 10.5. The highest BCUT2D eigenvalue weighted by atomic mass is 79.9. The summed E-state index contributed by atoms with van der Waals surface area (Å²) in [5, 5.41) is 11.7. The van der Waals surface area contributed by atoms with Gasteiger partial charge in [-0.15, -0.1) is 0 Å². The molecular weight excluding hydrogens is 540 g/mol. The maximum absolute atomic E-state index is 13.5. The van der Waals surface area contributed by atoms with E-state index < -0.39 is 17.7 Å². The van der Waals surface area contributed by atoms with Crippen LogP contribution < -0.4 is 9.64 Å². The second-order valence-electron chi connectivity index (χ2n) is 8.61. The van der Waals surface area contributed by atoms with Gasteiger partial charge in [-0.25, -0.2) is 4.98 Å². The molecule has 0 bridgehead atoms. The zero-order valence-electron chi connectivity index (χ0n) is 19.9. The smallest absolute Gasteiger partial charge is 0.301 e. The molecule has 8 heteroatoms. The van der Waals surface area contributed by atoms with Crippen molar-refractivity contribution in [3.63, 3.8) is 0 Å². The number of carbonyl (C=O) groups excluding carboxylic acids is 2. The minimum absolute atomic E-state index is 0.0226. The number of ether oxygens (including phenoxy) is 1. The SMILES string of the molecule is CCOc1ccc(C(O)=C2C(=O)C(=O)N(c3nc4c(C)cc(C)cc4s3)[C@H]2c2cccc(Br)c2)cc1. The van der Waals surface area contributed by atoms with Crippen LogP contribution in [0, 0.1) is 13.8 Å². The molecule has 6 nitrogen and oxygen atoms in total. The van der Waals surface area contributed by atoms with E-state index in [-0.39, 0.29) is 11.3 Å². The van der Waals surface area contributed by atoms with Crippen molar-refractivity contribution in [1.29, 1.82) is 0 Å². The van der Waals surface area contributed by atoms with Crippen molar-refractivity contribution in [2.75, 3.05) is 11.5 Å². The summed E-state index contributed by atoms with van der Waals surface area (Å²) in [7, 11) is 0. The Morgan fingerprint density at radius 2 is 1.86 bits per heavy atom. The highest BCUT2D eigenvalue weighted by Crippen LogP contribution is 2.45. The van der Waals surface area contributed by atoms with E-state index in [9.17, 15) is 14.7 Å². The first kappa shape index (κ1) is 24.2. The van der Waals surface area contributed by atoms with Crippen molar-refractivity contribution >= 4 is 60.1 Å². The molecule has 1 atom stereocenters. The first-order chi connectivity index (χ1) is 17.3. The fraction of sp³-hybridized carbons (Fsp3) is 0.179. The zero-order valence-corrected chi connectivity index (χ0v) is 22.3. The van der Waals surface area contributed by atoms with Gasteiger partial charge in [0.2, 0.25) is 0 Å². The molecular formula is C28H23BrN2O4S. The molecule has 0 aliphatic carbocycles. The third kappa shape index (κ3) is 4.20. The molecule has 1 N–H and O–H groups in total. The summed E-state index contributed by atoms with van der Waals surface area (Å²) < 4.78 is 7.22. The Kier molecular flexibility index (Phi) is 6.40. The number of ketones is 1. The predicted molar refractivity (Wildman–Crippen MR) is 146 cm³/mol. The summed E-state index contributed by atoms with van der Waals surface area (Å²) in [5.41, 5.74) is 4.01. The van der Waals surface area contributed by atoms with E-state index in [1.807, 2.05) is 57.2 Å². The molecule has 4 aromatic rings. The van der Waals surface area contributed by atoms with Crippen LogP contribution in [0.3, 0.4) is 0 Å². The first-order valence-electron chi connectivity index (χ1n) is 11.5. The van der Waals surface area contributed by atoms with E-state index in [1.54, 1.807) is 24.3 Å². The third-order valence-electron chi connectivity index (χ3n) is 6.07. The van der Waals surface area contributed by atoms with E-state index >= 15 is 0 Å². The van der Waals surface area contributed by atoms with E-state index in [0.717, 1.165) is 25.8 Å². The van der Waals surface area contributed by atoms with Gasteiger partial charge in [0.05, 0.1) is 28.4 Å². The average Bonchev–Trinajstić information content (AvgIpc) is 3.38. The minimum Gasteiger partial charge on any atom is -0.507 e. The van der Waals surface area contributed by atoms with Gasteiger partial charge in [-0.3, -0.25) is 14.5 Å². The van der Waals surface area contributed by atoms with Crippen LogP contribution in [0.25, 0.3) is 16.0 Å². The molecule has 1 aliphatic heterocycles. The fourth-order valence-corrected chi connectivity index (χ4v) is 6.10. The van der Waals surface area contributed by atoms with Crippen LogP contribution in [0.4, 0.5) is 5.13 Å². The molecule has 5 rings (SSSR count). The van der Waals surface area contributed by atoms with Gasteiger partial charge in [0.1, 0.15) is 11.5 Å². The number of Topliss-reactive ketones (excluding diaryl/α,β-unsaturated/α-hetero) is 1. The van der Waals surface area contributed by atoms with Crippen molar-refractivity contribution in [2.24, 2.45) is 0 Å². The lowest BCUT2D eigenvalue weighted by molar-refractivity contribution is -0.132. The number of aryl methyl sites for hydroxylation is 2. The van der Waals surface area contributed by atoms with Gasteiger partial charge in [0.25, 0.3) is 5.78 Å². The Hall–Kier alpha value is -3.49. The van der Waals surface area contributed by atoms with Crippen molar-refractivity contribution in [3.05, 3.63) is 93.0 Å². The highest BCUT2D eigenvalue weighted by Gasteiger charge is 2.48. The predicted octanol–water partition coefficient (Wildman–Crippen LogP) is 6.70. The van der Waals surface area contributed by atoms with Gasteiger partial charge >= 0.3 is 5.91 Å². The normalized spacial score (nSPS) is 17.2. The van der Waals surface area contributed by atoms with Gasteiger partial charge in [-0.1, -0.05) is 45.5 Å². The number of rotatable bonds is 5. The van der Waals surface area contributed by atoms with Crippen LogP contribution in [-0.2, 0) is 9.59 Å². The molecule has 1 aliphatic rings. The standard InChI is InChI=1S/C28H23BrN2O4S/c1-4-35-20-10-8-17(9-11-20)25(32)22-24(18-6-5-7-19(29)14-18)31(27(34)26(22)33)28-30-23-16(3)12-15(2)13-21(23)36-28/h5-14,24,32H,4H2,1-3H3/t24-/m0/s1. The molecule has 36 heavy (non-hydrogen) atoms. The van der Waals surface area contributed by atoms with Crippen LogP contribution in [0.15, 0.2) is 70.7 Å². The molecule has 1 amide bonds. The van der Waals surface area contributed by atoms with Crippen LogP contribution in [0.2, 0.25) is 0 Å². The molecule has 0 unspecified atom stereocenters. The van der Waals surface area contributed by atoms with Gasteiger partial charge in [-0.2, -0.15) is 0 Å². The maximum atomic E-state index is 13.5. The maximum Gasteiger partial charge on any atom is 0.301 e. The molecule has 0 radical (unpaired) electrons. The van der Waals surface area contributed by atoms with Crippen LogP contribution in [0.5, 0.6) is 5.75 Å². The lowest BCUT2D eigenvalue weighted by Crippen LogP contribution is -2.29. The number of aromatic nitrogens is 1. The van der Waals surface area contributed by atoms with Crippen LogP contribution >= 0.6 is 27.3 Å². The Bertz CT molecular complexity index is 1540. The summed E-state index contributed by atoms with van der Waals surface area (Å²) in [6.07, 6.45) is 0. The molecule has 0 spiro atoms. The highest BCUT2D eigenvalue weighted by molar-refractivity contribution is 9.10. The number of hydrogen-bond acceptors (Lipinski definition) is 6.